The molecule has 1 saturated heterocycles. The van der Waals surface area contributed by atoms with Gasteiger partial charge >= 0.3 is 6.03 Å². The predicted octanol–water partition coefficient (Wildman–Crippen LogP) is 1.99. The number of carbonyl (C=O) groups is 1. The first-order chi connectivity index (χ1) is 12.2. The molecule has 1 aromatic heterocycles. The Hall–Kier alpha value is -2.41. The second kappa shape index (κ2) is 8.62. The molecule has 0 spiro atoms. The van der Waals surface area contributed by atoms with Crippen LogP contribution < -0.4 is 5.32 Å². The Morgan fingerprint density at radius 2 is 2.00 bits per heavy atom. The molecule has 1 aliphatic rings. The molecule has 7 nitrogen and oxygen atoms in total. The Morgan fingerprint density at radius 1 is 1.16 bits per heavy atom. The number of urea groups is 1. The fourth-order valence-electron chi connectivity index (χ4n) is 3.14. The number of anilines is 1. The van der Waals surface area contributed by atoms with Gasteiger partial charge in [-0.2, -0.15) is 0 Å². The van der Waals surface area contributed by atoms with Gasteiger partial charge in [-0.3, -0.25) is 10.00 Å². The average Bonchev–Trinajstić information content (AvgIpc) is 2.88. The van der Waals surface area contributed by atoms with Gasteiger partial charge in [0.2, 0.25) is 0 Å². The fourth-order valence-corrected chi connectivity index (χ4v) is 3.14. The minimum absolute atomic E-state index is 0.0911. The van der Waals surface area contributed by atoms with Gasteiger partial charge in [-0.25, -0.2) is 4.79 Å². The standard InChI is InChI=1S/C18H26N6O/c1-22-15-17(20-21-22)19-18(25)24-12-6-11-23(13-14-24)10-5-9-16-7-3-2-4-8-16/h2-4,7-8,15H,5-6,9-14H2,1H3,(H,19,25). The largest absolute Gasteiger partial charge is 0.323 e. The lowest BCUT2D eigenvalue weighted by Crippen LogP contribution is -2.38. The molecule has 134 valence electrons. The number of hydrogen-bond acceptors (Lipinski definition) is 4. The second-order valence-corrected chi connectivity index (χ2v) is 6.48. The Labute approximate surface area is 148 Å². The highest BCUT2D eigenvalue weighted by molar-refractivity contribution is 5.88. The monoisotopic (exact) mass is 342 g/mol. The van der Waals surface area contributed by atoms with E-state index >= 15 is 0 Å². The number of amides is 2. The summed E-state index contributed by atoms with van der Waals surface area (Å²) in [5.41, 5.74) is 1.39. The van der Waals surface area contributed by atoms with Crippen LogP contribution in [0, 0.1) is 0 Å². The average molecular weight is 342 g/mol. The van der Waals surface area contributed by atoms with Crippen molar-refractivity contribution in [1.82, 2.24) is 24.8 Å². The van der Waals surface area contributed by atoms with Crippen LogP contribution in [0.5, 0.6) is 0 Å². The van der Waals surface area contributed by atoms with E-state index in [1.165, 1.54) is 5.56 Å². The molecule has 0 saturated carbocycles. The van der Waals surface area contributed by atoms with Crippen LogP contribution in [0.25, 0.3) is 0 Å². The summed E-state index contributed by atoms with van der Waals surface area (Å²) in [6, 6.07) is 10.5. The number of nitrogens with one attached hydrogen (secondary N) is 1. The second-order valence-electron chi connectivity index (χ2n) is 6.48. The molecule has 1 fully saturated rings. The highest BCUT2D eigenvalue weighted by atomic mass is 16.2. The Bertz CT molecular complexity index is 671. The zero-order valence-corrected chi connectivity index (χ0v) is 14.8. The zero-order chi connectivity index (χ0) is 17.5. The molecule has 0 atom stereocenters. The molecule has 0 unspecified atom stereocenters. The van der Waals surface area contributed by atoms with Crippen LogP contribution in [0.2, 0.25) is 0 Å². The summed E-state index contributed by atoms with van der Waals surface area (Å²) in [7, 11) is 1.78. The van der Waals surface area contributed by atoms with E-state index in [2.05, 4.69) is 50.9 Å². The van der Waals surface area contributed by atoms with Crippen molar-refractivity contribution >= 4 is 11.8 Å². The maximum Gasteiger partial charge on any atom is 0.323 e. The van der Waals surface area contributed by atoms with Crippen LogP contribution >= 0.6 is 0 Å². The molecule has 2 aromatic rings. The van der Waals surface area contributed by atoms with Crippen LogP contribution in [-0.2, 0) is 13.5 Å². The summed E-state index contributed by atoms with van der Waals surface area (Å²) in [5.74, 6) is 0.497. The van der Waals surface area contributed by atoms with E-state index in [1.807, 2.05) is 4.90 Å². The maximum absolute atomic E-state index is 12.4. The first kappa shape index (κ1) is 17.4. The van der Waals surface area contributed by atoms with Gasteiger partial charge in [-0.15, -0.1) is 5.10 Å². The fraction of sp³-hybridized carbons (Fsp3) is 0.500. The van der Waals surface area contributed by atoms with Gasteiger partial charge in [0, 0.05) is 26.7 Å². The molecule has 1 aliphatic heterocycles. The van der Waals surface area contributed by atoms with E-state index in [0.717, 1.165) is 52.0 Å². The molecule has 0 aliphatic carbocycles. The molecule has 0 radical (unpaired) electrons. The molecular formula is C18H26N6O. The van der Waals surface area contributed by atoms with Gasteiger partial charge in [0.1, 0.15) is 0 Å². The SMILES string of the molecule is Cn1cc(NC(=O)N2CCCN(CCCc3ccccc3)CC2)nn1. The van der Waals surface area contributed by atoms with Crippen molar-refractivity contribution in [3.8, 4) is 0 Å². The van der Waals surface area contributed by atoms with E-state index in [-0.39, 0.29) is 6.03 Å². The van der Waals surface area contributed by atoms with E-state index in [9.17, 15) is 4.79 Å². The van der Waals surface area contributed by atoms with Gasteiger partial charge in [0.15, 0.2) is 5.82 Å². The predicted molar refractivity (Wildman–Crippen MR) is 97.4 cm³/mol. The van der Waals surface area contributed by atoms with Gasteiger partial charge in [-0.05, 0) is 37.9 Å². The summed E-state index contributed by atoms with van der Waals surface area (Å²) in [6.45, 7) is 4.57. The summed E-state index contributed by atoms with van der Waals surface area (Å²) in [5, 5.41) is 10.5. The van der Waals surface area contributed by atoms with Crippen molar-refractivity contribution in [2.75, 3.05) is 38.0 Å². The molecule has 3 rings (SSSR count). The van der Waals surface area contributed by atoms with Crippen LogP contribution in [-0.4, -0.2) is 63.5 Å². The van der Waals surface area contributed by atoms with Crippen molar-refractivity contribution in [3.05, 3.63) is 42.1 Å². The van der Waals surface area contributed by atoms with E-state index in [0.29, 0.717) is 5.82 Å². The number of carbonyl (C=O) groups excluding carboxylic acids is 1. The lowest BCUT2D eigenvalue weighted by molar-refractivity contribution is 0.211. The topological polar surface area (TPSA) is 66.3 Å². The van der Waals surface area contributed by atoms with E-state index in [1.54, 1.807) is 17.9 Å². The van der Waals surface area contributed by atoms with Gasteiger partial charge < -0.3 is 9.80 Å². The van der Waals surface area contributed by atoms with E-state index < -0.39 is 0 Å². The summed E-state index contributed by atoms with van der Waals surface area (Å²) >= 11 is 0. The van der Waals surface area contributed by atoms with Crippen molar-refractivity contribution < 1.29 is 4.79 Å². The van der Waals surface area contributed by atoms with Crippen molar-refractivity contribution in [2.24, 2.45) is 7.05 Å². The summed E-state index contributed by atoms with van der Waals surface area (Å²) in [6.07, 6.45) is 4.95. The molecule has 1 N–H and O–H groups in total. The zero-order valence-electron chi connectivity index (χ0n) is 14.8. The van der Waals surface area contributed by atoms with Crippen LogP contribution in [0.4, 0.5) is 10.6 Å². The molecule has 7 heteroatoms. The number of benzene rings is 1. The molecular weight excluding hydrogens is 316 g/mol. The normalized spacial score (nSPS) is 15.8. The summed E-state index contributed by atoms with van der Waals surface area (Å²) < 4.78 is 1.58. The smallest absolute Gasteiger partial charge is 0.323 e. The quantitative estimate of drug-likeness (QED) is 0.902. The van der Waals surface area contributed by atoms with Crippen LogP contribution in [0.1, 0.15) is 18.4 Å². The van der Waals surface area contributed by atoms with E-state index in [4.69, 9.17) is 0 Å². The third-order valence-corrected chi connectivity index (χ3v) is 4.50. The van der Waals surface area contributed by atoms with Crippen molar-refractivity contribution in [3.63, 3.8) is 0 Å². The highest BCUT2D eigenvalue weighted by Gasteiger charge is 2.19. The molecule has 2 amide bonds. The third-order valence-electron chi connectivity index (χ3n) is 4.50. The molecule has 0 bridgehead atoms. The van der Waals surface area contributed by atoms with Crippen molar-refractivity contribution in [2.45, 2.75) is 19.3 Å². The number of rotatable bonds is 5. The van der Waals surface area contributed by atoms with Crippen LogP contribution in [0.3, 0.4) is 0 Å². The number of aryl methyl sites for hydroxylation is 2. The Morgan fingerprint density at radius 3 is 2.76 bits per heavy atom. The van der Waals surface area contributed by atoms with Gasteiger partial charge in [-0.1, -0.05) is 35.5 Å². The summed E-state index contributed by atoms with van der Waals surface area (Å²) in [4.78, 5) is 16.7. The number of aromatic nitrogens is 3. The maximum atomic E-state index is 12.4. The third kappa shape index (κ3) is 5.29. The molecule has 1 aromatic carbocycles. The number of nitrogens with zero attached hydrogens (tertiary/aromatic N) is 5. The molecule has 2 heterocycles. The minimum atomic E-state index is -0.0911. The van der Waals surface area contributed by atoms with Gasteiger partial charge in [0.05, 0.1) is 6.20 Å². The van der Waals surface area contributed by atoms with Gasteiger partial charge in [0.25, 0.3) is 0 Å². The Balaban J connectivity index is 1.41. The lowest BCUT2D eigenvalue weighted by atomic mass is 10.1. The first-order valence-corrected chi connectivity index (χ1v) is 8.89. The molecule has 25 heavy (non-hydrogen) atoms. The minimum Gasteiger partial charge on any atom is -0.323 e. The van der Waals surface area contributed by atoms with Crippen LogP contribution in [0.15, 0.2) is 36.5 Å². The van der Waals surface area contributed by atoms with Crippen molar-refractivity contribution in [1.29, 1.82) is 0 Å². The highest BCUT2D eigenvalue weighted by Crippen LogP contribution is 2.09. The lowest BCUT2D eigenvalue weighted by Gasteiger charge is -2.21. The Kier molecular flexibility index (Phi) is 6.00. The number of hydrogen-bond donors (Lipinski definition) is 1. The first-order valence-electron chi connectivity index (χ1n) is 8.89.